The van der Waals surface area contributed by atoms with Crippen molar-refractivity contribution in [1.82, 2.24) is 9.88 Å². The Bertz CT molecular complexity index is 1210. The lowest BCUT2D eigenvalue weighted by Gasteiger charge is -2.25. The molecule has 4 rings (SSSR count). The summed E-state index contributed by atoms with van der Waals surface area (Å²) in [5, 5.41) is 11.1. The highest BCUT2D eigenvalue weighted by molar-refractivity contribution is 6.46. The second-order valence-electron chi connectivity index (χ2n) is 7.49. The molecule has 0 radical (unpaired) electrons. The van der Waals surface area contributed by atoms with Gasteiger partial charge in [0.1, 0.15) is 17.3 Å². The van der Waals surface area contributed by atoms with Gasteiger partial charge in [0.15, 0.2) is 0 Å². The van der Waals surface area contributed by atoms with E-state index < -0.39 is 23.5 Å². The second kappa shape index (κ2) is 8.63. The highest BCUT2D eigenvalue weighted by atomic mass is 19.1. The van der Waals surface area contributed by atoms with Gasteiger partial charge >= 0.3 is 0 Å². The summed E-state index contributed by atoms with van der Waals surface area (Å²) in [5.41, 5.74) is 1.75. The smallest absolute Gasteiger partial charge is 0.296 e. The first kappa shape index (κ1) is 21.2. The van der Waals surface area contributed by atoms with Crippen molar-refractivity contribution < 1.29 is 23.8 Å². The van der Waals surface area contributed by atoms with Gasteiger partial charge in [-0.05, 0) is 60.5 Å². The minimum Gasteiger partial charge on any atom is -0.507 e. The van der Waals surface area contributed by atoms with Crippen LogP contribution in [0.1, 0.15) is 28.4 Å². The number of ketones is 1. The van der Waals surface area contributed by atoms with Crippen LogP contribution >= 0.6 is 0 Å². The van der Waals surface area contributed by atoms with Gasteiger partial charge in [-0.15, -0.1) is 0 Å². The summed E-state index contributed by atoms with van der Waals surface area (Å²) in [4.78, 5) is 31.7. The number of likely N-dealkylation sites (tertiary alicyclic amines) is 1. The molecule has 1 aromatic heterocycles. The third-order valence-electron chi connectivity index (χ3n) is 5.46. The number of benzene rings is 2. The number of hydrogen-bond donors (Lipinski definition) is 1. The molecule has 2 aromatic carbocycles. The van der Waals surface area contributed by atoms with E-state index in [0.29, 0.717) is 22.6 Å². The molecule has 1 aliphatic rings. The van der Waals surface area contributed by atoms with Crippen LogP contribution in [0.15, 0.2) is 72.4 Å². The van der Waals surface area contributed by atoms with Gasteiger partial charge in [-0.25, -0.2) is 4.39 Å². The van der Waals surface area contributed by atoms with E-state index in [9.17, 15) is 19.1 Å². The molecule has 0 saturated carbocycles. The number of hydrogen-bond acceptors (Lipinski definition) is 5. The van der Waals surface area contributed by atoms with Gasteiger partial charge in [0.2, 0.25) is 0 Å². The molecular weight excluding hydrogens is 411 g/mol. The zero-order chi connectivity index (χ0) is 22.8. The number of aromatic nitrogens is 1. The molecule has 32 heavy (non-hydrogen) atoms. The van der Waals surface area contributed by atoms with Crippen LogP contribution in [0, 0.1) is 12.7 Å². The van der Waals surface area contributed by atoms with E-state index in [1.54, 1.807) is 62.7 Å². The van der Waals surface area contributed by atoms with Crippen LogP contribution in [0.3, 0.4) is 0 Å². The summed E-state index contributed by atoms with van der Waals surface area (Å²) in [6, 6.07) is 15.4. The number of carbonyl (C=O) groups excluding carboxylic acids is 2. The number of rotatable bonds is 5. The predicted octanol–water partition coefficient (Wildman–Crippen LogP) is 4.16. The predicted molar refractivity (Wildman–Crippen MR) is 116 cm³/mol. The molecule has 0 spiro atoms. The monoisotopic (exact) mass is 432 g/mol. The first-order valence-electron chi connectivity index (χ1n) is 9.99. The third-order valence-corrected chi connectivity index (χ3v) is 5.46. The van der Waals surface area contributed by atoms with E-state index in [1.807, 2.05) is 0 Å². The lowest BCUT2D eigenvalue weighted by Crippen LogP contribution is -2.29. The van der Waals surface area contributed by atoms with Gasteiger partial charge in [-0.1, -0.05) is 18.2 Å². The standard InChI is InChI=1S/C25H21FN2O4/c1-15-13-17(8-11-20(15)26)23(29)21-22(16-6-9-19(32-2)10-7-16)28(25(31)24(21)30)14-18-5-3-4-12-27-18/h3-13,22,29H,14H2,1-2H3/b23-21-. The number of Topliss-reactive ketones (excluding diaryl/α,β-unsaturated/α-hetero) is 1. The summed E-state index contributed by atoms with van der Waals surface area (Å²) in [7, 11) is 1.54. The quantitative estimate of drug-likeness (QED) is 0.372. The Morgan fingerprint density at radius 1 is 1.12 bits per heavy atom. The number of aliphatic hydroxyl groups excluding tert-OH is 1. The Balaban J connectivity index is 1.86. The van der Waals surface area contributed by atoms with Crippen molar-refractivity contribution in [3.05, 3.63) is 101 Å². The molecule has 1 atom stereocenters. The normalized spacial score (nSPS) is 17.6. The van der Waals surface area contributed by atoms with Crippen LogP contribution in [0.25, 0.3) is 5.76 Å². The Labute approximate surface area is 184 Å². The van der Waals surface area contributed by atoms with E-state index in [1.165, 1.54) is 23.1 Å². The molecule has 1 fully saturated rings. The average molecular weight is 432 g/mol. The van der Waals surface area contributed by atoms with Crippen molar-refractivity contribution >= 4 is 17.4 Å². The Morgan fingerprint density at radius 3 is 2.50 bits per heavy atom. The molecule has 7 heteroatoms. The lowest BCUT2D eigenvalue weighted by molar-refractivity contribution is -0.140. The van der Waals surface area contributed by atoms with Crippen LogP contribution in [0.5, 0.6) is 5.75 Å². The highest BCUT2D eigenvalue weighted by Crippen LogP contribution is 2.40. The fourth-order valence-corrected chi connectivity index (χ4v) is 3.79. The molecule has 1 N–H and O–H groups in total. The van der Waals surface area contributed by atoms with Crippen LogP contribution < -0.4 is 4.74 Å². The number of nitrogens with zero attached hydrogens (tertiary/aromatic N) is 2. The van der Waals surface area contributed by atoms with Gasteiger partial charge in [0.05, 0.1) is 31.0 Å². The number of ether oxygens (including phenoxy) is 1. The summed E-state index contributed by atoms with van der Waals surface area (Å²) < 4.78 is 19.0. The maximum atomic E-state index is 13.7. The molecule has 2 heterocycles. The van der Waals surface area contributed by atoms with E-state index >= 15 is 0 Å². The van der Waals surface area contributed by atoms with Gasteiger partial charge in [0, 0.05) is 11.8 Å². The maximum Gasteiger partial charge on any atom is 0.296 e. The minimum atomic E-state index is -0.840. The number of halogens is 1. The first-order chi connectivity index (χ1) is 15.4. The van der Waals surface area contributed by atoms with Crippen LogP contribution in [0.2, 0.25) is 0 Å². The number of amides is 1. The highest BCUT2D eigenvalue weighted by Gasteiger charge is 2.46. The maximum absolute atomic E-state index is 13.7. The number of aryl methyl sites for hydroxylation is 1. The number of pyridine rings is 1. The molecule has 1 amide bonds. The topological polar surface area (TPSA) is 79.7 Å². The van der Waals surface area contributed by atoms with Crippen LogP contribution in [-0.2, 0) is 16.1 Å². The molecule has 1 unspecified atom stereocenters. The Kier molecular flexibility index (Phi) is 5.73. The largest absolute Gasteiger partial charge is 0.507 e. The van der Waals surface area contributed by atoms with E-state index in [4.69, 9.17) is 4.74 Å². The molecular formula is C25H21FN2O4. The van der Waals surface area contributed by atoms with Crippen LogP contribution in [-0.4, -0.2) is 33.8 Å². The molecule has 0 bridgehead atoms. The van der Waals surface area contributed by atoms with Crippen molar-refractivity contribution in [1.29, 1.82) is 0 Å². The molecule has 0 aliphatic carbocycles. The summed E-state index contributed by atoms with van der Waals surface area (Å²) in [5.74, 6) is -1.71. The van der Waals surface area contributed by atoms with Crippen molar-refractivity contribution in [2.24, 2.45) is 0 Å². The fraction of sp³-hybridized carbons (Fsp3) is 0.160. The fourth-order valence-electron chi connectivity index (χ4n) is 3.79. The van der Waals surface area contributed by atoms with Crippen molar-refractivity contribution in [2.75, 3.05) is 7.11 Å². The minimum absolute atomic E-state index is 0.0536. The van der Waals surface area contributed by atoms with Gasteiger partial charge in [-0.3, -0.25) is 14.6 Å². The van der Waals surface area contributed by atoms with Gasteiger partial charge < -0.3 is 14.7 Å². The van der Waals surface area contributed by atoms with E-state index in [0.717, 1.165) is 0 Å². The Morgan fingerprint density at radius 2 is 1.88 bits per heavy atom. The van der Waals surface area contributed by atoms with E-state index in [-0.39, 0.29) is 23.4 Å². The number of aliphatic hydroxyl groups is 1. The van der Waals surface area contributed by atoms with Gasteiger partial charge in [0.25, 0.3) is 11.7 Å². The zero-order valence-electron chi connectivity index (χ0n) is 17.6. The Hall–Kier alpha value is -4.00. The number of methoxy groups -OCH3 is 1. The molecule has 6 nitrogen and oxygen atoms in total. The first-order valence-corrected chi connectivity index (χ1v) is 9.99. The molecule has 3 aromatic rings. The summed E-state index contributed by atoms with van der Waals surface area (Å²) >= 11 is 0. The van der Waals surface area contributed by atoms with Crippen molar-refractivity contribution in [2.45, 2.75) is 19.5 Å². The molecule has 1 aliphatic heterocycles. The van der Waals surface area contributed by atoms with E-state index in [2.05, 4.69) is 4.98 Å². The lowest BCUT2D eigenvalue weighted by atomic mass is 9.94. The molecule has 1 saturated heterocycles. The number of carbonyl (C=O) groups is 2. The molecule has 162 valence electrons. The van der Waals surface area contributed by atoms with Crippen molar-refractivity contribution in [3.8, 4) is 5.75 Å². The van der Waals surface area contributed by atoms with Crippen molar-refractivity contribution in [3.63, 3.8) is 0 Å². The average Bonchev–Trinajstić information content (AvgIpc) is 3.06. The van der Waals surface area contributed by atoms with Gasteiger partial charge in [-0.2, -0.15) is 0 Å². The summed E-state index contributed by atoms with van der Waals surface area (Å²) in [6.45, 7) is 1.65. The zero-order valence-corrected chi connectivity index (χ0v) is 17.6. The third kappa shape index (κ3) is 3.85. The summed E-state index contributed by atoms with van der Waals surface area (Å²) in [6.07, 6.45) is 1.61. The SMILES string of the molecule is COc1ccc(C2/C(=C(/O)c3ccc(F)c(C)c3)C(=O)C(=O)N2Cc2ccccn2)cc1. The second-order valence-corrected chi connectivity index (χ2v) is 7.49. The van der Waals surface area contributed by atoms with Crippen LogP contribution in [0.4, 0.5) is 4.39 Å².